The molecule has 0 aromatic heterocycles. The number of carbonyl (C=O) groups is 2. The topological polar surface area (TPSA) is 57.9 Å². The number of hydrogen-bond donors (Lipinski definition) is 0. The molecular formula is C8H12BNO2. The van der Waals surface area contributed by atoms with Crippen molar-refractivity contribution in [3.05, 3.63) is 0 Å². The molecule has 0 aromatic rings. The van der Waals surface area contributed by atoms with Crippen LogP contribution in [0.4, 0.5) is 0 Å². The standard InChI is InChI=1S/C8H12BNO2/c1-9(7-10)5-2-3-8(12)4-6-11/h6H,2-5H2,1H3. The van der Waals surface area contributed by atoms with E-state index in [1.807, 2.05) is 6.82 Å². The minimum absolute atomic E-state index is 0.00836. The van der Waals surface area contributed by atoms with E-state index in [1.54, 1.807) is 0 Å². The van der Waals surface area contributed by atoms with Gasteiger partial charge in [-0.25, -0.2) is 5.26 Å². The quantitative estimate of drug-likeness (QED) is 0.336. The number of ketones is 1. The van der Waals surface area contributed by atoms with Gasteiger partial charge in [0, 0.05) is 12.4 Å². The van der Waals surface area contributed by atoms with Crippen LogP contribution < -0.4 is 0 Å². The van der Waals surface area contributed by atoms with Gasteiger partial charge in [-0.3, -0.25) is 4.79 Å². The molecule has 0 bridgehead atoms. The molecule has 0 atom stereocenters. The number of nitriles is 1. The Bertz CT molecular complexity index is 198. The van der Waals surface area contributed by atoms with Crippen molar-refractivity contribution in [1.29, 1.82) is 5.26 Å². The molecule has 0 heterocycles. The van der Waals surface area contributed by atoms with Crippen LogP contribution in [0.3, 0.4) is 0 Å². The van der Waals surface area contributed by atoms with E-state index in [-0.39, 0.29) is 18.9 Å². The highest BCUT2D eigenvalue weighted by Gasteiger charge is 2.06. The van der Waals surface area contributed by atoms with Crippen LogP contribution in [0.5, 0.6) is 0 Å². The summed E-state index contributed by atoms with van der Waals surface area (Å²) in [5, 5.41) is 8.41. The minimum atomic E-state index is -0.0323. The van der Waals surface area contributed by atoms with Crippen molar-refractivity contribution in [2.75, 3.05) is 0 Å². The Morgan fingerprint density at radius 1 is 1.67 bits per heavy atom. The summed E-state index contributed by atoms with van der Waals surface area (Å²) in [4.78, 5) is 20.7. The Kier molecular flexibility index (Phi) is 5.99. The number of hydrogen-bond acceptors (Lipinski definition) is 3. The second-order valence-electron chi connectivity index (χ2n) is 2.83. The second-order valence-corrected chi connectivity index (χ2v) is 2.83. The molecule has 3 nitrogen and oxygen atoms in total. The van der Waals surface area contributed by atoms with E-state index in [1.165, 1.54) is 0 Å². The molecule has 0 aliphatic rings. The van der Waals surface area contributed by atoms with Crippen LogP contribution in [0.1, 0.15) is 19.3 Å². The Labute approximate surface area is 72.8 Å². The molecule has 0 saturated heterocycles. The molecule has 0 unspecified atom stereocenters. The van der Waals surface area contributed by atoms with E-state index in [0.29, 0.717) is 19.1 Å². The van der Waals surface area contributed by atoms with Gasteiger partial charge in [-0.1, -0.05) is 19.6 Å². The number of nitrogens with zero attached hydrogens (tertiary/aromatic N) is 1. The molecule has 0 N–H and O–H groups in total. The SMILES string of the molecule is CB(C#N)CCCC(=O)CC=O. The lowest BCUT2D eigenvalue weighted by molar-refractivity contribution is -0.122. The summed E-state index contributed by atoms with van der Waals surface area (Å²) in [5.74, 6) is 2.06. The summed E-state index contributed by atoms with van der Waals surface area (Å²) in [6.45, 7) is 1.83. The maximum atomic E-state index is 10.8. The van der Waals surface area contributed by atoms with E-state index in [4.69, 9.17) is 5.26 Å². The molecule has 0 aliphatic heterocycles. The summed E-state index contributed by atoms with van der Waals surface area (Å²) in [5.41, 5.74) is 0. The molecule has 0 rings (SSSR count). The van der Waals surface area contributed by atoms with E-state index >= 15 is 0 Å². The predicted octanol–water partition coefficient (Wildman–Crippen LogP) is 1.11. The highest BCUT2D eigenvalue weighted by Crippen LogP contribution is 2.02. The van der Waals surface area contributed by atoms with E-state index in [0.717, 1.165) is 6.32 Å². The summed E-state index contributed by atoms with van der Waals surface area (Å²) >= 11 is 0. The molecule has 4 heteroatoms. The molecule has 12 heavy (non-hydrogen) atoms. The molecular weight excluding hydrogens is 153 g/mol. The van der Waals surface area contributed by atoms with Crippen LogP contribution in [-0.4, -0.2) is 18.8 Å². The zero-order chi connectivity index (χ0) is 9.40. The zero-order valence-corrected chi connectivity index (χ0v) is 7.25. The van der Waals surface area contributed by atoms with Gasteiger partial charge in [-0.15, -0.1) is 0 Å². The third kappa shape index (κ3) is 5.66. The lowest BCUT2D eigenvalue weighted by Gasteiger charge is -1.96. The first-order chi connectivity index (χ1) is 5.70. The first-order valence-electron chi connectivity index (χ1n) is 4.05. The largest absolute Gasteiger partial charge is 0.303 e. The molecule has 0 fully saturated rings. The summed E-state index contributed by atoms with van der Waals surface area (Å²) in [6, 6.07) is 0. The van der Waals surface area contributed by atoms with Gasteiger partial charge in [0.2, 0.25) is 0 Å². The van der Waals surface area contributed by atoms with E-state index in [9.17, 15) is 9.59 Å². The molecule has 0 spiro atoms. The van der Waals surface area contributed by atoms with E-state index < -0.39 is 0 Å². The van der Waals surface area contributed by atoms with Gasteiger partial charge in [0.25, 0.3) is 6.71 Å². The maximum Gasteiger partial charge on any atom is 0.264 e. The van der Waals surface area contributed by atoms with Crippen molar-refractivity contribution < 1.29 is 9.59 Å². The van der Waals surface area contributed by atoms with Crippen molar-refractivity contribution in [2.45, 2.75) is 32.4 Å². The fourth-order valence-electron chi connectivity index (χ4n) is 0.865. The van der Waals surface area contributed by atoms with Gasteiger partial charge in [0.1, 0.15) is 12.1 Å². The fourth-order valence-corrected chi connectivity index (χ4v) is 0.865. The number of Topliss-reactive ketones (excluding diaryl/α,β-unsaturated/α-hetero) is 1. The van der Waals surface area contributed by atoms with Crippen LogP contribution >= 0.6 is 0 Å². The predicted molar refractivity (Wildman–Crippen MR) is 47.0 cm³/mol. The Morgan fingerprint density at radius 2 is 2.33 bits per heavy atom. The minimum Gasteiger partial charge on any atom is -0.303 e. The zero-order valence-electron chi connectivity index (χ0n) is 7.25. The number of rotatable bonds is 6. The van der Waals surface area contributed by atoms with Crippen LogP contribution in [-0.2, 0) is 9.59 Å². The molecule has 0 saturated carbocycles. The molecule has 0 aliphatic carbocycles. The van der Waals surface area contributed by atoms with Gasteiger partial charge < -0.3 is 4.79 Å². The first-order valence-corrected chi connectivity index (χ1v) is 4.05. The van der Waals surface area contributed by atoms with Gasteiger partial charge >= 0.3 is 0 Å². The van der Waals surface area contributed by atoms with Crippen molar-refractivity contribution in [3.8, 4) is 5.97 Å². The molecule has 0 aromatic carbocycles. The average Bonchev–Trinajstić information content (AvgIpc) is 2.04. The number of carbonyl (C=O) groups excluding carboxylic acids is 2. The third-order valence-electron chi connectivity index (χ3n) is 1.62. The highest BCUT2D eigenvalue weighted by molar-refractivity contribution is 6.65. The van der Waals surface area contributed by atoms with E-state index in [2.05, 4.69) is 5.97 Å². The molecule has 64 valence electrons. The van der Waals surface area contributed by atoms with Crippen LogP contribution in [0.25, 0.3) is 0 Å². The van der Waals surface area contributed by atoms with Crippen LogP contribution in [0.2, 0.25) is 13.1 Å². The monoisotopic (exact) mass is 165 g/mol. The molecule has 0 radical (unpaired) electrons. The third-order valence-corrected chi connectivity index (χ3v) is 1.62. The van der Waals surface area contributed by atoms with Crippen LogP contribution in [0, 0.1) is 11.2 Å². The Balaban J connectivity index is 3.38. The summed E-state index contributed by atoms with van der Waals surface area (Å²) in [7, 11) is 0. The lowest BCUT2D eigenvalue weighted by Crippen LogP contribution is -2.05. The Hall–Kier alpha value is -1.11. The van der Waals surface area contributed by atoms with Gasteiger partial charge in [0.05, 0.1) is 6.42 Å². The second kappa shape index (κ2) is 6.60. The van der Waals surface area contributed by atoms with Crippen LogP contribution in [0.15, 0.2) is 0 Å². The summed E-state index contributed by atoms with van der Waals surface area (Å²) in [6.07, 6.45) is 2.50. The van der Waals surface area contributed by atoms with Gasteiger partial charge in [-0.2, -0.15) is 0 Å². The van der Waals surface area contributed by atoms with Crippen molar-refractivity contribution in [2.24, 2.45) is 0 Å². The summed E-state index contributed by atoms with van der Waals surface area (Å²) < 4.78 is 0. The van der Waals surface area contributed by atoms with Crippen molar-refractivity contribution >= 4 is 18.8 Å². The van der Waals surface area contributed by atoms with Gasteiger partial charge in [0.15, 0.2) is 0 Å². The maximum absolute atomic E-state index is 10.8. The smallest absolute Gasteiger partial charge is 0.264 e. The number of aldehydes is 1. The Morgan fingerprint density at radius 3 is 2.83 bits per heavy atom. The van der Waals surface area contributed by atoms with Gasteiger partial charge in [-0.05, 0) is 0 Å². The lowest BCUT2D eigenvalue weighted by atomic mass is 9.50. The average molecular weight is 165 g/mol. The highest BCUT2D eigenvalue weighted by atomic mass is 16.1. The molecule has 0 amide bonds. The first kappa shape index (κ1) is 10.9. The normalized spacial score (nSPS) is 8.67. The van der Waals surface area contributed by atoms with Crippen molar-refractivity contribution in [3.63, 3.8) is 0 Å². The van der Waals surface area contributed by atoms with Crippen molar-refractivity contribution in [1.82, 2.24) is 0 Å². The fraction of sp³-hybridized carbons (Fsp3) is 0.625.